The van der Waals surface area contributed by atoms with Crippen molar-refractivity contribution in [2.75, 3.05) is 27.7 Å². The SMILES string of the molecule is C/C=C(\C)[C@H]1OC(=O)[C@@H](C)NC(=O)[C@H](C(C)CC)NC(=O)CN(C)C(=O)[C@@H](Cc2ccccc2)N(C)C(=O)[C@H](C)NC(=O)[C@@H](CC(C)C)OC(=O)/C(C)=C/C[C@H](OC(=O)[N-]C)[C@@H]1C.CC.[CH3-].[W+2]. The van der Waals surface area contributed by atoms with Gasteiger partial charge in [-0.15, -0.1) is 7.05 Å². The molecule has 1 unspecified atom stereocenters. The summed E-state index contributed by atoms with van der Waals surface area (Å²) in [6, 6.07) is 4.37. The summed E-state index contributed by atoms with van der Waals surface area (Å²) in [5.41, 5.74) is 1.42. The van der Waals surface area contributed by atoms with Gasteiger partial charge in [0, 0.05) is 38.4 Å². The normalized spacial score (nSPS) is 26.0. The minimum atomic E-state index is -1.30. The molecule has 1 aliphatic heterocycles. The Balaban J connectivity index is 0. The number of nitrogens with zero attached hydrogens (tertiary/aromatic N) is 3. The van der Waals surface area contributed by atoms with Crippen LogP contribution in [-0.2, 0) is 75.3 Å². The number of carbonyl (C=O) groups excluding carboxylic acids is 8. The first-order chi connectivity index (χ1) is 30.6. The van der Waals surface area contributed by atoms with Crippen molar-refractivity contribution in [3.8, 4) is 0 Å². The van der Waals surface area contributed by atoms with E-state index in [0.717, 1.165) is 10.5 Å². The quantitative estimate of drug-likeness (QED) is 0.121. The molecule has 0 saturated heterocycles. The van der Waals surface area contributed by atoms with E-state index in [-0.39, 0.29) is 59.2 Å². The predicted octanol–water partition coefficient (Wildman–Crippen LogP) is 5.86. The molecule has 17 nitrogen and oxygen atoms in total. The smallest absolute Gasteiger partial charge is 0.620 e. The van der Waals surface area contributed by atoms with E-state index in [1.54, 1.807) is 58.0 Å². The van der Waals surface area contributed by atoms with Crippen LogP contribution in [0.15, 0.2) is 53.6 Å². The van der Waals surface area contributed by atoms with Crippen molar-refractivity contribution >= 4 is 47.6 Å². The van der Waals surface area contributed by atoms with E-state index in [4.69, 9.17) is 14.2 Å². The topological polar surface area (TPSA) is 221 Å². The van der Waals surface area contributed by atoms with Crippen molar-refractivity contribution in [2.24, 2.45) is 17.8 Å². The molecule has 1 aromatic rings. The number of nitrogens with one attached hydrogen (secondary N) is 3. The van der Waals surface area contributed by atoms with Crippen molar-refractivity contribution < 1.29 is 73.6 Å². The second-order valence-corrected chi connectivity index (χ2v) is 16.8. The number of esters is 2. The van der Waals surface area contributed by atoms with Gasteiger partial charge in [0.05, 0.1) is 6.54 Å². The number of cyclic esters (lactones) is 2. The molecule has 3 N–H and O–H groups in total. The fourth-order valence-corrected chi connectivity index (χ4v) is 6.87. The molecule has 0 bridgehead atoms. The largest absolute Gasteiger partial charge is 2.00 e. The van der Waals surface area contributed by atoms with Gasteiger partial charge in [-0.2, -0.15) is 0 Å². The Hall–Kier alpha value is -5.05. The van der Waals surface area contributed by atoms with Crippen LogP contribution >= 0.6 is 0 Å². The van der Waals surface area contributed by atoms with Crippen molar-refractivity contribution in [3.63, 3.8) is 0 Å². The molecule has 1 aromatic carbocycles. The maximum Gasteiger partial charge on any atom is 2.00 e. The Labute approximate surface area is 413 Å². The zero-order valence-electron chi connectivity index (χ0n) is 42.6. The van der Waals surface area contributed by atoms with Gasteiger partial charge in [0.25, 0.3) is 5.91 Å². The van der Waals surface area contributed by atoms with Crippen LogP contribution in [0.4, 0.5) is 4.79 Å². The molecule has 0 spiro atoms. The molecule has 376 valence electrons. The number of ether oxygens (including phenoxy) is 3. The Morgan fingerprint density at radius 3 is 2.03 bits per heavy atom. The molecule has 18 heteroatoms. The average molecular weight is 1110 g/mol. The summed E-state index contributed by atoms with van der Waals surface area (Å²) in [7, 11) is 4.09. The number of benzene rings is 1. The number of allylic oxidation sites excluding steroid dienone is 1. The molecule has 0 radical (unpaired) electrons. The van der Waals surface area contributed by atoms with Gasteiger partial charge in [-0.25, -0.2) is 9.59 Å². The number of likely N-dealkylation sites (N-methyl/N-ethyl adjacent to an activating group) is 2. The van der Waals surface area contributed by atoms with E-state index in [1.807, 2.05) is 40.7 Å². The van der Waals surface area contributed by atoms with Crippen LogP contribution in [0.25, 0.3) is 5.32 Å². The van der Waals surface area contributed by atoms with Gasteiger partial charge in [-0.1, -0.05) is 97.4 Å². The third-order valence-electron chi connectivity index (χ3n) is 11.2. The third kappa shape index (κ3) is 20.4. The summed E-state index contributed by atoms with van der Waals surface area (Å²) in [4.78, 5) is 111. The maximum absolute atomic E-state index is 14.2. The first-order valence-corrected chi connectivity index (χ1v) is 22.5. The Kier molecular flexibility index (Phi) is 30.4. The molecular formula is C49H78N6O11W. The molecule has 67 heavy (non-hydrogen) atoms. The molecule has 0 saturated carbocycles. The van der Waals surface area contributed by atoms with E-state index < -0.39 is 108 Å². The fraction of sp³-hybridized carbons (Fsp3) is 0.612. The number of amides is 6. The molecule has 0 aromatic heterocycles. The third-order valence-corrected chi connectivity index (χ3v) is 11.2. The molecule has 0 fully saturated rings. The van der Waals surface area contributed by atoms with Crippen molar-refractivity contribution in [1.82, 2.24) is 25.8 Å². The van der Waals surface area contributed by atoms with Crippen LogP contribution in [0.3, 0.4) is 0 Å². The number of hydrogen-bond acceptors (Lipinski definition) is 11. The zero-order valence-corrected chi connectivity index (χ0v) is 45.5. The van der Waals surface area contributed by atoms with Gasteiger partial charge < -0.3 is 52.7 Å². The standard InChI is InChI=1S/C46H70N6O11.C2H6.CH3.W/c1-14-27(5)38-41(55)49-32(10)45(59)63-39(28(6)15-2)30(8)35(62-46(60)47-11)22-21-29(7)44(58)61-36(23-26(3)4)40(54)48-31(9)42(56)52(13)34(24-33-19-17-16-18-20-33)43(57)51(12)25-37(53)50-38;1-2;;/h15-21,26-27,30-32,34-36,38-39H,14,22-25H2,1-13H3,(H4,47,48,49,50,53,54,55,60);1-2H3;1H3;/q;;-1;+2/p-1/b28-15+,29-21+;;;/t27?,30-,31-,32+,34+,35-,36+,38-,39+;;;/m0.../s1. The van der Waals surface area contributed by atoms with E-state index in [1.165, 1.54) is 52.9 Å². The van der Waals surface area contributed by atoms with Gasteiger partial charge in [0.1, 0.15) is 36.4 Å². The van der Waals surface area contributed by atoms with Gasteiger partial charge in [-0.05, 0) is 64.0 Å². The minimum Gasteiger partial charge on any atom is -0.620 e. The van der Waals surface area contributed by atoms with Gasteiger partial charge >= 0.3 is 33.0 Å². The van der Waals surface area contributed by atoms with Gasteiger partial charge in [0.15, 0.2) is 6.10 Å². The Bertz CT molecular complexity index is 1840. The predicted molar refractivity (Wildman–Crippen MR) is 254 cm³/mol. The molecule has 1 aliphatic rings. The van der Waals surface area contributed by atoms with Crippen molar-refractivity contribution in [2.45, 2.75) is 151 Å². The maximum atomic E-state index is 14.2. The first kappa shape index (κ1) is 64.0. The Morgan fingerprint density at radius 2 is 1.49 bits per heavy atom. The fourth-order valence-electron chi connectivity index (χ4n) is 6.87. The second kappa shape index (κ2) is 31.8. The summed E-state index contributed by atoms with van der Waals surface area (Å²) in [6.45, 7) is 20.3. The summed E-state index contributed by atoms with van der Waals surface area (Å²) in [5, 5.41) is 11.6. The molecule has 6 amide bonds. The molecule has 9 atom stereocenters. The summed E-state index contributed by atoms with van der Waals surface area (Å²) in [5.74, 6) is -6.13. The van der Waals surface area contributed by atoms with Gasteiger partial charge in [-0.3, -0.25) is 28.8 Å². The molecule has 1 heterocycles. The number of hydrogen-bond donors (Lipinski definition) is 3. The van der Waals surface area contributed by atoms with Crippen LogP contribution in [-0.4, -0.2) is 128 Å². The molecule has 0 aliphatic carbocycles. The second-order valence-electron chi connectivity index (χ2n) is 16.8. The summed E-state index contributed by atoms with van der Waals surface area (Å²) >= 11 is 0. The minimum absolute atomic E-state index is 0. The van der Waals surface area contributed by atoms with E-state index in [2.05, 4.69) is 21.3 Å². The number of carbonyl (C=O) groups is 8. The van der Waals surface area contributed by atoms with Crippen LogP contribution in [0.2, 0.25) is 0 Å². The van der Waals surface area contributed by atoms with E-state index in [9.17, 15) is 38.4 Å². The Morgan fingerprint density at radius 1 is 0.910 bits per heavy atom. The summed E-state index contributed by atoms with van der Waals surface area (Å²) < 4.78 is 17.4. The molecule has 2 rings (SSSR count). The van der Waals surface area contributed by atoms with Crippen LogP contribution < -0.4 is 16.0 Å². The van der Waals surface area contributed by atoms with Crippen LogP contribution in [0.1, 0.15) is 108 Å². The average Bonchev–Trinajstić information content (AvgIpc) is 3.28. The van der Waals surface area contributed by atoms with Gasteiger partial charge in [0.2, 0.25) is 29.7 Å². The van der Waals surface area contributed by atoms with E-state index in [0.29, 0.717) is 12.0 Å². The van der Waals surface area contributed by atoms with Crippen LogP contribution in [0, 0.1) is 25.2 Å². The molecular weight excluding hydrogens is 1030 g/mol. The first-order valence-electron chi connectivity index (χ1n) is 22.5. The summed E-state index contributed by atoms with van der Waals surface area (Å²) in [6.07, 6.45) is -0.335. The monoisotopic (exact) mass is 1110 g/mol. The number of rotatable bonds is 8. The van der Waals surface area contributed by atoms with Crippen molar-refractivity contribution in [3.05, 3.63) is 71.9 Å². The zero-order chi connectivity index (χ0) is 49.7. The van der Waals surface area contributed by atoms with Crippen LogP contribution in [0.5, 0.6) is 0 Å². The van der Waals surface area contributed by atoms with E-state index >= 15 is 0 Å². The van der Waals surface area contributed by atoms with Crippen molar-refractivity contribution in [1.29, 1.82) is 0 Å².